The van der Waals surface area contributed by atoms with Crippen molar-refractivity contribution in [2.24, 2.45) is 5.92 Å². The van der Waals surface area contributed by atoms with Crippen molar-refractivity contribution >= 4 is 27.7 Å². The molecule has 31 heavy (non-hydrogen) atoms. The highest BCUT2D eigenvalue weighted by Gasteiger charge is 2.33. The molecule has 11 heteroatoms. The van der Waals surface area contributed by atoms with Gasteiger partial charge in [-0.3, -0.25) is 9.59 Å². The van der Waals surface area contributed by atoms with Gasteiger partial charge in [-0.25, -0.2) is 13.4 Å². The van der Waals surface area contributed by atoms with E-state index < -0.39 is 16.1 Å². The summed E-state index contributed by atoms with van der Waals surface area (Å²) < 4.78 is 32.1. The number of hydrogen-bond acceptors (Lipinski definition) is 7. The van der Waals surface area contributed by atoms with E-state index in [1.54, 1.807) is 24.0 Å². The second kappa shape index (κ2) is 9.09. The van der Waals surface area contributed by atoms with E-state index in [9.17, 15) is 18.0 Å². The van der Waals surface area contributed by atoms with Gasteiger partial charge in [0, 0.05) is 51.4 Å². The van der Waals surface area contributed by atoms with Crippen LogP contribution >= 0.6 is 0 Å². The minimum Gasteiger partial charge on any atom is -0.379 e. The van der Waals surface area contributed by atoms with E-state index in [2.05, 4.69) is 10.3 Å². The lowest BCUT2D eigenvalue weighted by molar-refractivity contribution is -0.136. The van der Waals surface area contributed by atoms with Crippen LogP contribution in [0.5, 0.6) is 0 Å². The van der Waals surface area contributed by atoms with E-state index >= 15 is 0 Å². The van der Waals surface area contributed by atoms with Gasteiger partial charge >= 0.3 is 0 Å². The topological polar surface area (TPSA) is 112 Å². The number of aromatic nitrogens is 1. The number of anilines is 1. The van der Waals surface area contributed by atoms with E-state index in [1.807, 2.05) is 4.90 Å². The molecule has 3 fully saturated rings. The normalized spacial score (nSPS) is 21.6. The first kappa shape index (κ1) is 22.0. The first-order chi connectivity index (χ1) is 14.9. The molecule has 1 aromatic rings. The maximum Gasteiger partial charge on any atom is 0.244 e. The van der Waals surface area contributed by atoms with Crippen LogP contribution in [0.25, 0.3) is 0 Å². The summed E-state index contributed by atoms with van der Waals surface area (Å²) in [6, 6.07) is 2.77. The van der Waals surface area contributed by atoms with Crippen LogP contribution in [0, 0.1) is 5.92 Å². The van der Waals surface area contributed by atoms with E-state index in [1.165, 1.54) is 10.5 Å². The van der Waals surface area contributed by atoms with Crippen molar-refractivity contribution < 1.29 is 22.7 Å². The summed E-state index contributed by atoms with van der Waals surface area (Å²) in [5.41, 5.74) is 0. The van der Waals surface area contributed by atoms with Gasteiger partial charge in [-0.05, 0) is 31.9 Å². The molecule has 4 rings (SSSR count). The number of nitrogens with one attached hydrogen (secondary N) is 1. The second-order valence-corrected chi connectivity index (χ2v) is 10.1. The Hall–Kier alpha value is -2.24. The van der Waals surface area contributed by atoms with Crippen LogP contribution in [-0.2, 0) is 24.3 Å². The molecular formula is C20H29N5O5S. The minimum absolute atomic E-state index is 0.0317. The summed E-state index contributed by atoms with van der Waals surface area (Å²) in [4.78, 5) is 32.8. The number of ether oxygens (including phenoxy) is 1. The monoisotopic (exact) mass is 451 g/mol. The van der Waals surface area contributed by atoms with Gasteiger partial charge in [0.15, 0.2) is 0 Å². The maximum atomic E-state index is 12.7. The summed E-state index contributed by atoms with van der Waals surface area (Å²) in [6.45, 7) is 5.46. The zero-order valence-corrected chi connectivity index (χ0v) is 18.5. The van der Waals surface area contributed by atoms with E-state index in [0.29, 0.717) is 58.3 Å². The smallest absolute Gasteiger partial charge is 0.244 e. The largest absolute Gasteiger partial charge is 0.379 e. The molecule has 170 valence electrons. The highest BCUT2D eigenvalue weighted by Crippen LogP contribution is 2.29. The molecule has 1 aromatic heterocycles. The number of carbonyl (C=O) groups is 2. The number of hydrogen-bond donors (Lipinski definition) is 1. The molecule has 1 unspecified atom stereocenters. The number of piperazine rings is 1. The summed E-state index contributed by atoms with van der Waals surface area (Å²) in [6.07, 6.45) is 3.21. The van der Waals surface area contributed by atoms with E-state index in [4.69, 9.17) is 4.74 Å². The van der Waals surface area contributed by atoms with Gasteiger partial charge in [-0.2, -0.15) is 4.31 Å². The second-order valence-electron chi connectivity index (χ2n) is 8.19. The van der Waals surface area contributed by atoms with Crippen molar-refractivity contribution in [1.82, 2.24) is 19.5 Å². The molecule has 1 aliphatic carbocycles. The van der Waals surface area contributed by atoms with Crippen LogP contribution < -0.4 is 10.2 Å². The summed E-state index contributed by atoms with van der Waals surface area (Å²) in [5, 5.41) is 2.80. The van der Waals surface area contributed by atoms with Crippen molar-refractivity contribution in [3.63, 3.8) is 0 Å². The standard InChI is InChI=1S/C20H29N5O5S/c1-15(22-19(26)16-2-3-16)20(27)24-8-6-23(7-9-24)18-5-4-17(14-21-18)31(28,29)25-10-12-30-13-11-25/h4-5,14-16H,2-3,6-13H2,1H3,(H,22,26). The lowest BCUT2D eigenvalue weighted by Gasteiger charge is -2.36. The average Bonchev–Trinajstić information content (AvgIpc) is 3.65. The maximum absolute atomic E-state index is 12.7. The molecular weight excluding hydrogens is 422 g/mol. The van der Waals surface area contributed by atoms with E-state index in [-0.39, 0.29) is 22.6 Å². The van der Waals surface area contributed by atoms with Crippen LogP contribution in [0.15, 0.2) is 23.2 Å². The molecule has 1 N–H and O–H groups in total. The summed E-state index contributed by atoms with van der Waals surface area (Å²) in [5.74, 6) is 0.653. The van der Waals surface area contributed by atoms with Gasteiger partial charge in [0.05, 0.1) is 13.2 Å². The molecule has 10 nitrogen and oxygen atoms in total. The lowest BCUT2D eigenvalue weighted by atomic mass is 10.2. The summed E-state index contributed by atoms with van der Waals surface area (Å²) in [7, 11) is -3.57. The molecule has 1 atom stereocenters. The Labute approximate surface area is 182 Å². The number of sulfonamides is 1. The van der Waals surface area contributed by atoms with Crippen molar-refractivity contribution in [2.45, 2.75) is 30.7 Å². The Morgan fingerprint density at radius 1 is 1.10 bits per heavy atom. The fourth-order valence-corrected chi connectivity index (χ4v) is 5.17. The number of carbonyl (C=O) groups excluding carboxylic acids is 2. The number of pyridine rings is 1. The zero-order valence-electron chi connectivity index (χ0n) is 17.7. The minimum atomic E-state index is -3.57. The van der Waals surface area contributed by atoms with Crippen molar-refractivity contribution in [2.75, 3.05) is 57.4 Å². The number of rotatable bonds is 6. The zero-order chi connectivity index (χ0) is 22.0. The predicted molar refractivity (Wildman–Crippen MR) is 113 cm³/mol. The first-order valence-corrected chi connectivity index (χ1v) is 12.2. The highest BCUT2D eigenvalue weighted by atomic mass is 32.2. The summed E-state index contributed by atoms with van der Waals surface area (Å²) >= 11 is 0. The predicted octanol–water partition coefficient (Wildman–Crippen LogP) is -0.334. The SMILES string of the molecule is CC(NC(=O)C1CC1)C(=O)N1CCN(c2ccc(S(=O)(=O)N3CCOCC3)cn2)CC1. The lowest BCUT2D eigenvalue weighted by Crippen LogP contribution is -2.54. The Kier molecular flexibility index (Phi) is 6.44. The van der Waals surface area contributed by atoms with Crippen LogP contribution in [0.1, 0.15) is 19.8 Å². The first-order valence-electron chi connectivity index (χ1n) is 10.7. The average molecular weight is 452 g/mol. The van der Waals surface area contributed by atoms with Crippen LogP contribution in [0.3, 0.4) is 0 Å². The third kappa shape index (κ3) is 4.99. The van der Waals surface area contributed by atoms with Crippen LogP contribution in [0.2, 0.25) is 0 Å². The molecule has 0 spiro atoms. The quantitative estimate of drug-likeness (QED) is 0.630. The molecule has 2 amide bonds. The Morgan fingerprint density at radius 2 is 1.77 bits per heavy atom. The number of nitrogens with zero attached hydrogens (tertiary/aromatic N) is 4. The molecule has 0 bridgehead atoms. The Bertz CT molecular complexity index is 904. The number of amides is 2. The van der Waals surface area contributed by atoms with Crippen LogP contribution in [0.4, 0.5) is 5.82 Å². The fourth-order valence-electron chi connectivity index (χ4n) is 3.82. The van der Waals surface area contributed by atoms with Gasteiger partial charge in [0.2, 0.25) is 21.8 Å². The van der Waals surface area contributed by atoms with Gasteiger partial charge in [0.25, 0.3) is 0 Å². The molecule has 1 saturated carbocycles. The van der Waals surface area contributed by atoms with Crippen molar-refractivity contribution in [3.05, 3.63) is 18.3 Å². The molecule has 3 heterocycles. The van der Waals surface area contributed by atoms with Crippen molar-refractivity contribution in [1.29, 1.82) is 0 Å². The highest BCUT2D eigenvalue weighted by molar-refractivity contribution is 7.89. The van der Waals surface area contributed by atoms with Gasteiger partial charge in [-0.15, -0.1) is 0 Å². The van der Waals surface area contributed by atoms with Gasteiger partial charge < -0.3 is 19.9 Å². The third-order valence-electron chi connectivity index (χ3n) is 5.92. The third-order valence-corrected chi connectivity index (χ3v) is 7.80. The molecule has 0 aromatic carbocycles. The molecule has 2 saturated heterocycles. The number of morpholine rings is 1. The van der Waals surface area contributed by atoms with Gasteiger partial charge in [-0.1, -0.05) is 0 Å². The molecule has 3 aliphatic rings. The van der Waals surface area contributed by atoms with Crippen LogP contribution in [-0.4, -0.2) is 92.9 Å². The fraction of sp³-hybridized carbons (Fsp3) is 0.650. The van der Waals surface area contributed by atoms with Gasteiger partial charge in [0.1, 0.15) is 16.8 Å². The van der Waals surface area contributed by atoms with Crippen molar-refractivity contribution in [3.8, 4) is 0 Å². The molecule has 0 radical (unpaired) electrons. The Balaban J connectivity index is 1.31. The molecule has 2 aliphatic heterocycles. The Morgan fingerprint density at radius 3 is 2.35 bits per heavy atom. The van der Waals surface area contributed by atoms with E-state index in [0.717, 1.165) is 12.8 Å².